The van der Waals surface area contributed by atoms with Crippen LogP contribution in [-0.4, -0.2) is 38.6 Å². The van der Waals surface area contributed by atoms with Crippen LogP contribution in [0.3, 0.4) is 0 Å². The molecule has 0 fully saturated rings. The number of hydrogen-bond donors (Lipinski definition) is 2. The third-order valence-corrected chi connectivity index (χ3v) is 5.13. The van der Waals surface area contributed by atoms with E-state index in [0.717, 1.165) is 19.2 Å². The smallest absolute Gasteiger partial charge is 0.339 e. The van der Waals surface area contributed by atoms with Crippen LogP contribution in [0.25, 0.3) is 0 Å². The van der Waals surface area contributed by atoms with Gasteiger partial charge in [-0.25, -0.2) is 13.2 Å². The van der Waals surface area contributed by atoms with Crippen molar-refractivity contribution < 1.29 is 27.9 Å². The van der Waals surface area contributed by atoms with E-state index in [4.69, 9.17) is 11.6 Å². The molecule has 0 aliphatic heterocycles. The van der Waals surface area contributed by atoms with Crippen LogP contribution in [0.1, 0.15) is 30.6 Å². The fourth-order valence-electron chi connectivity index (χ4n) is 1.88. The van der Waals surface area contributed by atoms with E-state index in [1.807, 2.05) is 0 Å². The summed E-state index contributed by atoms with van der Waals surface area (Å²) in [6.45, 7) is 3.36. The van der Waals surface area contributed by atoms with Crippen LogP contribution in [0.4, 0.5) is 0 Å². The van der Waals surface area contributed by atoms with Gasteiger partial charge in [-0.3, -0.25) is 4.79 Å². The monoisotopic (exact) mass is 363 g/mol. The first kappa shape index (κ1) is 19.4. The van der Waals surface area contributed by atoms with Gasteiger partial charge < -0.3 is 9.84 Å². The number of carboxylic acid groups (broad SMARTS) is 1. The number of esters is 1. The van der Waals surface area contributed by atoms with E-state index >= 15 is 0 Å². The van der Waals surface area contributed by atoms with Crippen molar-refractivity contribution in [2.45, 2.75) is 31.2 Å². The lowest BCUT2D eigenvalue weighted by Gasteiger charge is -2.20. The van der Waals surface area contributed by atoms with Crippen LogP contribution in [0.5, 0.6) is 0 Å². The van der Waals surface area contributed by atoms with Crippen molar-refractivity contribution in [1.82, 2.24) is 4.72 Å². The molecule has 23 heavy (non-hydrogen) atoms. The zero-order valence-corrected chi connectivity index (χ0v) is 14.4. The Morgan fingerprint density at radius 3 is 2.48 bits per heavy atom. The van der Waals surface area contributed by atoms with Gasteiger partial charge in [0, 0.05) is 5.02 Å². The fraction of sp³-hybridized carbons (Fsp3) is 0.429. The Bertz CT molecular complexity index is 703. The predicted molar refractivity (Wildman–Crippen MR) is 84.0 cm³/mol. The lowest BCUT2D eigenvalue weighted by molar-refractivity contribution is -0.140. The fourth-order valence-corrected chi connectivity index (χ4v) is 3.53. The van der Waals surface area contributed by atoms with Gasteiger partial charge in [0.25, 0.3) is 0 Å². The summed E-state index contributed by atoms with van der Waals surface area (Å²) in [7, 11) is -3.15. The first-order valence-corrected chi connectivity index (χ1v) is 8.63. The summed E-state index contributed by atoms with van der Waals surface area (Å²) in [4.78, 5) is 22.7. The average molecular weight is 364 g/mol. The summed E-state index contributed by atoms with van der Waals surface area (Å²) in [5.74, 6) is -2.61. The maximum atomic E-state index is 12.5. The van der Waals surface area contributed by atoms with Crippen LogP contribution < -0.4 is 4.72 Å². The molecule has 128 valence electrons. The van der Waals surface area contributed by atoms with Crippen molar-refractivity contribution in [2.24, 2.45) is 5.92 Å². The average Bonchev–Trinajstić information content (AvgIpc) is 2.50. The Kier molecular flexibility index (Phi) is 6.55. The number of carbonyl (C=O) groups excluding carboxylic acids is 1. The number of halogens is 1. The summed E-state index contributed by atoms with van der Waals surface area (Å²) in [5, 5.41) is 9.37. The summed E-state index contributed by atoms with van der Waals surface area (Å²) in [6, 6.07) is 2.26. The van der Waals surface area contributed by atoms with Crippen molar-refractivity contribution in [2.75, 3.05) is 7.11 Å². The van der Waals surface area contributed by atoms with Crippen LogP contribution in [0.15, 0.2) is 23.1 Å². The maximum absolute atomic E-state index is 12.5. The number of nitrogens with one attached hydrogen (secondary N) is 1. The van der Waals surface area contributed by atoms with E-state index in [2.05, 4.69) is 9.46 Å². The van der Waals surface area contributed by atoms with Crippen molar-refractivity contribution >= 4 is 33.6 Å². The van der Waals surface area contributed by atoms with Crippen molar-refractivity contribution in [3.05, 3.63) is 28.8 Å². The van der Waals surface area contributed by atoms with E-state index in [1.165, 1.54) is 6.07 Å². The minimum Gasteiger partial charge on any atom is -0.480 e. The zero-order chi connectivity index (χ0) is 17.8. The van der Waals surface area contributed by atoms with E-state index in [9.17, 15) is 23.1 Å². The molecule has 9 heteroatoms. The minimum absolute atomic E-state index is 0.154. The Morgan fingerprint density at radius 2 is 2.00 bits per heavy atom. The van der Waals surface area contributed by atoms with Crippen molar-refractivity contribution in [1.29, 1.82) is 0 Å². The molecule has 0 radical (unpaired) electrons. The summed E-state index contributed by atoms with van der Waals surface area (Å²) >= 11 is 5.78. The number of carbonyl (C=O) groups is 2. The van der Waals surface area contributed by atoms with E-state index in [-0.39, 0.29) is 15.5 Å². The molecule has 0 spiro atoms. The van der Waals surface area contributed by atoms with Gasteiger partial charge in [-0.2, -0.15) is 4.72 Å². The first-order valence-electron chi connectivity index (χ1n) is 6.77. The third-order valence-electron chi connectivity index (χ3n) is 3.40. The molecule has 1 rings (SSSR count). The first-order chi connectivity index (χ1) is 10.6. The number of ether oxygens (including phenoxy) is 1. The van der Waals surface area contributed by atoms with Crippen LogP contribution in [0.2, 0.25) is 5.02 Å². The Balaban J connectivity index is 3.33. The summed E-state index contributed by atoms with van der Waals surface area (Å²) in [6.07, 6.45) is 0.462. The SMILES string of the molecule is CC[C@H](C)[C@H](NS(=O)(=O)c1ccc(Cl)cc1C(=O)OC)C(=O)O. The number of benzene rings is 1. The molecular weight excluding hydrogens is 346 g/mol. The number of carboxylic acids is 1. The predicted octanol–water partition coefficient (Wildman–Crippen LogP) is 1.90. The lowest BCUT2D eigenvalue weighted by Crippen LogP contribution is -2.45. The molecule has 2 atom stereocenters. The second kappa shape index (κ2) is 7.76. The molecule has 0 saturated carbocycles. The second-order valence-corrected chi connectivity index (χ2v) is 7.07. The van der Waals surface area contributed by atoms with Gasteiger partial charge in [-0.05, 0) is 24.1 Å². The number of methoxy groups -OCH3 is 1. The van der Waals surface area contributed by atoms with Gasteiger partial charge in [0.2, 0.25) is 10.0 Å². The van der Waals surface area contributed by atoms with Gasteiger partial charge in [0.15, 0.2) is 0 Å². The molecule has 1 aromatic carbocycles. The highest BCUT2D eigenvalue weighted by molar-refractivity contribution is 7.89. The molecule has 7 nitrogen and oxygen atoms in total. The molecule has 0 heterocycles. The normalized spacial score (nSPS) is 14.1. The molecule has 0 aliphatic carbocycles. The highest BCUT2D eigenvalue weighted by Gasteiger charge is 2.31. The molecule has 0 saturated heterocycles. The largest absolute Gasteiger partial charge is 0.480 e. The second-order valence-electron chi connectivity index (χ2n) is 4.95. The third kappa shape index (κ3) is 4.66. The van der Waals surface area contributed by atoms with Crippen LogP contribution in [-0.2, 0) is 19.6 Å². The number of sulfonamides is 1. The molecule has 0 aromatic heterocycles. The van der Waals surface area contributed by atoms with Crippen LogP contribution >= 0.6 is 11.6 Å². The molecule has 0 unspecified atom stereocenters. The van der Waals surface area contributed by atoms with Crippen molar-refractivity contribution in [3.8, 4) is 0 Å². The maximum Gasteiger partial charge on any atom is 0.339 e. The molecule has 0 amide bonds. The number of rotatable bonds is 7. The van der Waals surface area contributed by atoms with Gasteiger partial charge in [-0.15, -0.1) is 0 Å². The highest BCUT2D eigenvalue weighted by atomic mass is 35.5. The van der Waals surface area contributed by atoms with Gasteiger partial charge >= 0.3 is 11.9 Å². The van der Waals surface area contributed by atoms with Gasteiger partial charge in [0.1, 0.15) is 6.04 Å². The molecule has 0 aliphatic rings. The highest BCUT2D eigenvalue weighted by Crippen LogP contribution is 2.22. The summed E-state index contributed by atoms with van der Waals surface area (Å²) in [5.41, 5.74) is -0.263. The number of aliphatic carboxylic acids is 1. The molecule has 0 bridgehead atoms. The van der Waals surface area contributed by atoms with E-state index in [0.29, 0.717) is 6.42 Å². The van der Waals surface area contributed by atoms with Crippen LogP contribution in [0, 0.1) is 5.92 Å². The molecular formula is C14H18ClNO6S. The van der Waals surface area contributed by atoms with Crippen molar-refractivity contribution in [3.63, 3.8) is 0 Å². The molecule has 1 aromatic rings. The minimum atomic E-state index is -4.25. The standard InChI is InChI=1S/C14H18ClNO6S/c1-4-8(2)12(13(17)18)16-23(20,21)11-6-5-9(15)7-10(11)14(19)22-3/h5-8,12,16H,4H2,1-3H3,(H,17,18)/t8-,12-/m0/s1. The number of hydrogen-bond acceptors (Lipinski definition) is 5. The summed E-state index contributed by atoms with van der Waals surface area (Å²) < 4.78 is 31.7. The zero-order valence-electron chi connectivity index (χ0n) is 12.9. The topological polar surface area (TPSA) is 110 Å². The lowest BCUT2D eigenvalue weighted by atomic mass is 10.0. The van der Waals surface area contributed by atoms with Gasteiger partial charge in [-0.1, -0.05) is 31.9 Å². The Labute approximate surface area is 139 Å². The van der Waals surface area contributed by atoms with E-state index < -0.39 is 33.9 Å². The van der Waals surface area contributed by atoms with Gasteiger partial charge in [0.05, 0.1) is 17.6 Å². The molecule has 2 N–H and O–H groups in total. The quantitative estimate of drug-likeness (QED) is 0.716. The Morgan fingerprint density at radius 1 is 1.39 bits per heavy atom. The van der Waals surface area contributed by atoms with E-state index in [1.54, 1.807) is 13.8 Å². The Hall–Kier alpha value is -1.64.